The van der Waals surface area contributed by atoms with E-state index in [4.69, 9.17) is 18.9 Å². The van der Waals surface area contributed by atoms with Crippen molar-refractivity contribution in [3.05, 3.63) is 0 Å². The van der Waals surface area contributed by atoms with Gasteiger partial charge in [-0.3, -0.25) is 0 Å². The zero-order valence-electron chi connectivity index (χ0n) is 16.7. The van der Waals surface area contributed by atoms with Crippen molar-refractivity contribution in [2.45, 2.75) is 76.0 Å². The summed E-state index contributed by atoms with van der Waals surface area (Å²) in [7, 11) is 0. The zero-order valence-corrected chi connectivity index (χ0v) is 16.7. The normalized spacial score (nSPS) is 62.0. The SMILES string of the molecule is C[C@@H]1COC2CC34C5OC(=O)C3(O[C@@H]3OC(=O)[C@H](O)C34[C@H](C(C)(C)C)[C@H]5O)[C@]21O. The van der Waals surface area contributed by atoms with E-state index in [0.717, 1.165) is 0 Å². The van der Waals surface area contributed by atoms with Crippen molar-refractivity contribution in [3.8, 4) is 0 Å². The van der Waals surface area contributed by atoms with Gasteiger partial charge in [0.25, 0.3) is 0 Å². The highest BCUT2D eigenvalue weighted by atomic mass is 16.8. The molecule has 0 aromatic heterocycles. The summed E-state index contributed by atoms with van der Waals surface area (Å²) in [5, 5.41) is 34.5. The van der Waals surface area contributed by atoms with Crippen molar-refractivity contribution < 1.29 is 43.9 Å². The Balaban J connectivity index is 1.71. The van der Waals surface area contributed by atoms with E-state index in [1.165, 1.54) is 0 Å². The first-order valence-electron chi connectivity index (χ1n) is 10.2. The largest absolute Gasteiger partial charge is 0.457 e. The maximum absolute atomic E-state index is 13.4. The van der Waals surface area contributed by atoms with Crippen molar-refractivity contribution in [2.75, 3.05) is 6.61 Å². The summed E-state index contributed by atoms with van der Waals surface area (Å²) >= 11 is 0. The van der Waals surface area contributed by atoms with E-state index in [0.29, 0.717) is 0 Å². The van der Waals surface area contributed by atoms with Crippen molar-refractivity contribution in [2.24, 2.45) is 28.1 Å². The molecule has 29 heavy (non-hydrogen) atoms. The Kier molecular flexibility index (Phi) is 2.97. The van der Waals surface area contributed by atoms with E-state index in [1.54, 1.807) is 6.92 Å². The number of aliphatic hydroxyl groups is 3. The Morgan fingerprint density at radius 3 is 2.48 bits per heavy atom. The first-order valence-corrected chi connectivity index (χ1v) is 10.2. The summed E-state index contributed by atoms with van der Waals surface area (Å²) in [6.07, 6.45) is -5.70. The highest BCUT2D eigenvalue weighted by molar-refractivity contribution is 5.91. The number of carbonyl (C=O) groups is 2. The highest BCUT2D eigenvalue weighted by Crippen LogP contribution is 2.84. The molecule has 6 fully saturated rings. The number of aliphatic hydroxyl groups excluding tert-OH is 2. The molecule has 0 amide bonds. The van der Waals surface area contributed by atoms with Gasteiger partial charge in [-0.2, -0.15) is 0 Å². The van der Waals surface area contributed by atoms with Gasteiger partial charge in [0.2, 0.25) is 11.9 Å². The number of fused-ring (bicyclic) bond motifs is 1. The van der Waals surface area contributed by atoms with Crippen LogP contribution in [-0.4, -0.2) is 75.8 Å². The van der Waals surface area contributed by atoms with Crippen LogP contribution in [-0.2, 0) is 28.5 Å². The van der Waals surface area contributed by atoms with Crippen LogP contribution in [0.5, 0.6) is 0 Å². The fourth-order valence-corrected chi connectivity index (χ4v) is 8.32. The van der Waals surface area contributed by atoms with E-state index in [-0.39, 0.29) is 13.0 Å². The summed E-state index contributed by atoms with van der Waals surface area (Å²) in [5.41, 5.74) is -6.97. The lowest BCUT2D eigenvalue weighted by Gasteiger charge is -2.46. The molecule has 9 nitrogen and oxygen atoms in total. The standard InChI is InChI=1S/C20H26O9/c1-7-6-26-8-5-17-12-9(21)10(16(2,3)4)18(17)11(22)13(23)28-15(18)29-20(17,14(24)27-12)19(7,8)25/h7-12,15,21-22,25H,5-6H2,1-4H3/t7-,8?,9-,10+,11+,12?,15+,17?,18?,19-,20?/m1/s1. The van der Waals surface area contributed by atoms with Gasteiger partial charge in [-0.15, -0.1) is 0 Å². The summed E-state index contributed by atoms with van der Waals surface area (Å²) in [6.45, 7) is 7.70. The third kappa shape index (κ3) is 1.38. The predicted molar refractivity (Wildman–Crippen MR) is 91.9 cm³/mol. The predicted octanol–water partition coefficient (Wildman–Crippen LogP) is -0.896. The third-order valence-electron chi connectivity index (χ3n) is 8.94. The molecule has 3 N–H and O–H groups in total. The average Bonchev–Trinajstić information content (AvgIpc) is 3.31. The van der Waals surface area contributed by atoms with Crippen molar-refractivity contribution >= 4 is 11.9 Å². The van der Waals surface area contributed by atoms with Crippen molar-refractivity contribution in [1.82, 2.24) is 0 Å². The Morgan fingerprint density at radius 2 is 1.83 bits per heavy atom. The number of carbonyl (C=O) groups excluding carboxylic acids is 2. The van der Waals surface area contributed by atoms with Crippen molar-refractivity contribution in [1.29, 1.82) is 0 Å². The van der Waals surface area contributed by atoms with E-state index in [9.17, 15) is 24.9 Å². The van der Waals surface area contributed by atoms with Gasteiger partial charge in [-0.25, -0.2) is 9.59 Å². The molecule has 6 rings (SSSR count). The molecule has 2 aliphatic carbocycles. The van der Waals surface area contributed by atoms with Gasteiger partial charge in [0.1, 0.15) is 11.7 Å². The molecule has 6 aliphatic rings. The van der Waals surface area contributed by atoms with Gasteiger partial charge in [-0.1, -0.05) is 27.7 Å². The summed E-state index contributed by atoms with van der Waals surface area (Å²) in [6, 6.07) is 0. The Hall–Kier alpha value is -1.26. The molecule has 4 saturated heterocycles. The molecule has 0 radical (unpaired) electrons. The number of ether oxygens (including phenoxy) is 4. The van der Waals surface area contributed by atoms with E-state index >= 15 is 0 Å². The monoisotopic (exact) mass is 410 g/mol. The number of esters is 2. The highest BCUT2D eigenvalue weighted by Gasteiger charge is 3.01. The lowest BCUT2D eigenvalue weighted by atomic mass is 9.51. The van der Waals surface area contributed by atoms with Crippen molar-refractivity contribution in [3.63, 3.8) is 0 Å². The fourth-order valence-electron chi connectivity index (χ4n) is 8.32. The molecule has 4 heterocycles. The van der Waals surface area contributed by atoms with Crippen LogP contribution in [0.4, 0.5) is 0 Å². The minimum absolute atomic E-state index is 0.123. The summed E-state index contributed by atoms with van der Waals surface area (Å²) in [4.78, 5) is 25.9. The first-order chi connectivity index (χ1) is 13.4. The zero-order chi connectivity index (χ0) is 20.9. The molecule has 9 heteroatoms. The molecule has 5 unspecified atom stereocenters. The van der Waals surface area contributed by atoms with E-state index in [2.05, 4.69) is 0 Å². The molecule has 11 atom stereocenters. The van der Waals surface area contributed by atoms with Crippen LogP contribution in [0.1, 0.15) is 34.1 Å². The fraction of sp³-hybridized carbons (Fsp3) is 0.900. The second-order valence-electron chi connectivity index (χ2n) is 10.8. The Bertz CT molecular complexity index is 851. The molecular weight excluding hydrogens is 384 g/mol. The molecular formula is C20H26O9. The van der Waals surface area contributed by atoms with Crippen LogP contribution < -0.4 is 0 Å². The number of rotatable bonds is 0. The van der Waals surface area contributed by atoms with Gasteiger partial charge in [0.15, 0.2) is 6.10 Å². The summed E-state index contributed by atoms with van der Waals surface area (Å²) < 4.78 is 23.3. The topological polar surface area (TPSA) is 132 Å². The van der Waals surface area contributed by atoms with Crippen LogP contribution in [0.2, 0.25) is 0 Å². The molecule has 160 valence electrons. The van der Waals surface area contributed by atoms with Crippen LogP contribution in [0.3, 0.4) is 0 Å². The molecule has 0 aromatic rings. The average molecular weight is 410 g/mol. The first kappa shape index (κ1) is 18.5. The molecule has 0 aromatic carbocycles. The lowest BCUT2D eigenvalue weighted by molar-refractivity contribution is -0.239. The maximum Gasteiger partial charge on any atom is 0.342 e. The van der Waals surface area contributed by atoms with Crippen LogP contribution in [0, 0.1) is 28.1 Å². The summed E-state index contributed by atoms with van der Waals surface area (Å²) in [5.74, 6) is -2.77. The quantitative estimate of drug-likeness (QED) is 0.435. The third-order valence-corrected chi connectivity index (χ3v) is 8.94. The second-order valence-corrected chi connectivity index (χ2v) is 10.8. The number of hydrogen-bond acceptors (Lipinski definition) is 9. The minimum atomic E-state index is -1.88. The smallest absolute Gasteiger partial charge is 0.342 e. The van der Waals surface area contributed by atoms with Gasteiger partial charge < -0.3 is 34.3 Å². The molecule has 2 saturated carbocycles. The Morgan fingerprint density at radius 1 is 1.14 bits per heavy atom. The van der Waals surface area contributed by atoms with Gasteiger partial charge in [0, 0.05) is 11.8 Å². The maximum atomic E-state index is 13.4. The second kappa shape index (κ2) is 4.65. The molecule has 0 bridgehead atoms. The van der Waals surface area contributed by atoms with Gasteiger partial charge in [-0.05, 0) is 11.8 Å². The van der Waals surface area contributed by atoms with Crippen LogP contribution in [0.25, 0.3) is 0 Å². The Labute approximate surface area is 167 Å². The van der Waals surface area contributed by atoms with E-state index < -0.39 is 81.9 Å². The lowest BCUT2D eigenvalue weighted by Crippen LogP contribution is -2.66. The van der Waals surface area contributed by atoms with Gasteiger partial charge >= 0.3 is 11.9 Å². The van der Waals surface area contributed by atoms with E-state index in [1.807, 2.05) is 20.8 Å². The molecule has 4 aliphatic heterocycles. The van der Waals surface area contributed by atoms with Gasteiger partial charge in [0.05, 0.1) is 29.6 Å². The molecule has 2 spiro atoms. The minimum Gasteiger partial charge on any atom is -0.457 e. The van der Waals surface area contributed by atoms with Crippen LogP contribution in [0.15, 0.2) is 0 Å². The number of hydrogen-bond donors (Lipinski definition) is 3. The van der Waals surface area contributed by atoms with Crippen LogP contribution >= 0.6 is 0 Å².